The molecule has 0 aliphatic rings. The Bertz CT molecular complexity index is 1310. The highest BCUT2D eigenvalue weighted by Crippen LogP contribution is 2.27. The Labute approximate surface area is 194 Å². The molecule has 3 amide bonds. The predicted molar refractivity (Wildman–Crippen MR) is 128 cm³/mol. The van der Waals surface area contributed by atoms with E-state index in [4.69, 9.17) is 0 Å². The summed E-state index contributed by atoms with van der Waals surface area (Å²) in [4.78, 5) is 45.3. The maximum atomic E-state index is 12.8. The third-order valence-electron chi connectivity index (χ3n) is 5.12. The molecule has 8 nitrogen and oxygen atoms in total. The van der Waals surface area contributed by atoms with E-state index in [0.29, 0.717) is 10.6 Å². The molecule has 4 rings (SSSR count). The van der Waals surface area contributed by atoms with E-state index in [0.717, 1.165) is 27.0 Å². The smallest absolute Gasteiger partial charge is 0.281 e. The van der Waals surface area contributed by atoms with Crippen molar-refractivity contribution in [2.75, 3.05) is 0 Å². The van der Waals surface area contributed by atoms with Crippen molar-refractivity contribution < 1.29 is 14.4 Å². The molecule has 4 N–H and O–H groups in total. The number of aryl methyl sites for hydroxylation is 1. The molecule has 2 aromatic heterocycles. The van der Waals surface area contributed by atoms with Gasteiger partial charge in [0.2, 0.25) is 5.91 Å². The first-order valence-electron chi connectivity index (χ1n) is 10.4. The zero-order chi connectivity index (χ0) is 23.4. The second-order valence-corrected chi connectivity index (χ2v) is 8.56. The molecule has 4 aromatic rings. The van der Waals surface area contributed by atoms with Crippen LogP contribution in [0.2, 0.25) is 0 Å². The third-order valence-corrected chi connectivity index (χ3v) is 6.32. The predicted octanol–water partition coefficient (Wildman–Crippen LogP) is 3.11. The molecule has 0 aliphatic heterocycles. The lowest BCUT2D eigenvalue weighted by atomic mass is 10.0. The molecule has 2 heterocycles. The lowest BCUT2D eigenvalue weighted by Gasteiger charge is -2.17. The van der Waals surface area contributed by atoms with Crippen molar-refractivity contribution in [2.24, 2.45) is 0 Å². The zero-order valence-corrected chi connectivity index (χ0v) is 19.0. The lowest BCUT2D eigenvalue weighted by molar-refractivity contribution is -0.128. The van der Waals surface area contributed by atoms with E-state index in [1.54, 1.807) is 6.92 Å². The van der Waals surface area contributed by atoms with Gasteiger partial charge in [-0.05, 0) is 18.6 Å². The molecule has 0 saturated carbocycles. The van der Waals surface area contributed by atoms with Crippen molar-refractivity contribution in [3.05, 3.63) is 76.9 Å². The van der Waals surface area contributed by atoms with Crippen molar-refractivity contribution in [3.63, 3.8) is 0 Å². The monoisotopic (exact) mass is 461 g/mol. The Balaban J connectivity index is 1.45. The molecular weight excluding hydrogens is 438 g/mol. The van der Waals surface area contributed by atoms with Crippen molar-refractivity contribution in [1.82, 2.24) is 26.1 Å². The molecule has 0 spiro atoms. The maximum Gasteiger partial charge on any atom is 0.281 e. The number of nitrogens with one attached hydrogen (secondary N) is 4. The van der Waals surface area contributed by atoms with E-state index in [2.05, 4.69) is 26.1 Å². The van der Waals surface area contributed by atoms with E-state index >= 15 is 0 Å². The number of hydrogen-bond acceptors (Lipinski definition) is 5. The standard InChI is InChI=1S/C24H23N5O3S/c1-14-21(33-24(26-14)16-8-4-3-5-9-16)23(32)29-28-22(31)20(27-15(2)30)12-17-13-25-19-11-7-6-10-18(17)19/h3-11,13,20,25H,12H2,1-2H3,(H,27,30)(H,28,31)(H,29,32)/t20-/m1/s1. The summed E-state index contributed by atoms with van der Waals surface area (Å²) in [5.74, 6) is -1.32. The number of carbonyl (C=O) groups excluding carboxylic acids is 3. The van der Waals surface area contributed by atoms with Gasteiger partial charge >= 0.3 is 0 Å². The fraction of sp³-hybridized carbons (Fsp3) is 0.167. The normalized spacial score (nSPS) is 11.7. The summed E-state index contributed by atoms with van der Waals surface area (Å²) in [7, 11) is 0. The number of amides is 3. The summed E-state index contributed by atoms with van der Waals surface area (Å²) in [6.07, 6.45) is 2.08. The van der Waals surface area contributed by atoms with Gasteiger partial charge in [0.05, 0.1) is 5.69 Å². The number of carbonyl (C=O) groups is 3. The quantitative estimate of drug-likeness (QED) is 0.330. The largest absolute Gasteiger partial charge is 0.361 e. The number of rotatable bonds is 6. The van der Waals surface area contributed by atoms with E-state index < -0.39 is 17.9 Å². The Kier molecular flexibility index (Phi) is 6.50. The fourth-order valence-electron chi connectivity index (χ4n) is 3.55. The highest BCUT2D eigenvalue weighted by molar-refractivity contribution is 7.17. The molecule has 9 heteroatoms. The Morgan fingerprint density at radius 3 is 2.52 bits per heavy atom. The van der Waals surface area contributed by atoms with Crippen LogP contribution in [0.25, 0.3) is 21.5 Å². The minimum Gasteiger partial charge on any atom is -0.361 e. The Hall–Kier alpha value is -3.98. The third kappa shape index (κ3) is 5.09. The van der Waals surface area contributed by atoms with Gasteiger partial charge in [-0.3, -0.25) is 25.2 Å². The van der Waals surface area contributed by atoms with Gasteiger partial charge in [0.1, 0.15) is 15.9 Å². The SMILES string of the molecule is CC(=O)N[C@H](Cc1c[nH]c2ccccc12)C(=O)NNC(=O)c1sc(-c2ccccc2)nc1C. The number of para-hydroxylation sites is 1. The summed E-state index contributed by atoms with van der Waals surface area (Å²) in [6, 6.07) is 16.4. The molecule has 0 aliphatic carbocycles. The molecule has 0 radical (unpaired) electrons. The maximum absolute atomic E-state index is 12.8. The zero-order valence-electron chi connectivity index (χ0n) is 18.1. The van der Waals surface area contributed by atoms with Gasteiger partial charge in [0.15, 0.2) is 0 Å². The van der Waals surface area contributed by atoms with Gasteiger partial charge in [0.25, 0.3) is 11.8 Å². The number of benzene rings is 2. The number of thiazole rings is 1. The Morgan fingerprint density at radius 2 is 1.76 bits per heavy atom. The number of H-pyrrole nitrogens is 1. The molecule has 168 valence electrons. The number of aromatic amines is 1. The highest BCUT2D eigenvalue weighted by atomic mass is 32.1. The van der Waals surface area contributed by atoms with E-state index in [-0.39, 0.29) is 12.3 Å². The second kappa shape index (κ2) is 9.66. The highest BCUT2D eigenvalue weighted by Gasteiger charge is 2.23. The van der Waals surface area contributed by atoms with Crippen LogP contribution in [-0.2, 0) is 16.0 Å². The molecule has 0 fully saturated rings. The summed E-state index contributed by atoms with van der Waals surface area (Å²) in [5, 5.41) is 4.35. The summed E-state index contributed by atoms with van der Waals surface area (Å²) in [6.45, 7) is 3.09. The van der Waals surface area contributed by atoms with Crippen LogP contribution in [0.5, 0.6) is 0 Å². The second-order valence-electron chi connectivity index (χ2n) is 7.56. The van der Waals surface area contributed by atoms with E-state index in [1.807, 2.05) is 60.8 Å². The molecular formula is C24H23N5O3S. The average Bonchev–Trinajstić information content (AvgIpc) is 3.41. The van der Waals surface area contributed by atoms with Gasteiger partial charge in [-0.2, -0.15) is 0 Å². The molecule has 0 bridgehead atoms. The molecule has 2 aromatic carbocycles. The lowest BCUT2D eigenvalue weighted by Crippen LogP contribution is -2.52. The average molecular weight is 462 g/mol. The van der Waals surface area contributed by atoms with Crippen LogP contribution < -0.4 is 16.2 Å². The van der Waals surface area contributed by atoms with Crippen molar-refractivity contribution in [3.8, 4) is 10.6 Å². The van der Waals surface area contributed by atoms with Crippen LogP contribution in [-0.4, -0.2) is 33.7 Å². The fourth-order valence-corrected chi connectivity index (χ4v) is 4.52. The molecule has 0 unspecified atom stereocenters. The first kappa shape index (κ1) is 22.2. The minimum atomic E-state index is -0.857. The van der Waals surface area contributed by atoms with Gasteiger partial charge in [-0.25, -0.2) is 4.98 Å². The van der Waals surface area contributed by atoms with Crippen molar-refractivity contribution in [2.45, 2.75) is 26.3 Å². The number of nitrogens with zero attached hydrogens (tertiary/aromatic N) is 1. The van der Waals surface area contributed by atoms with Gasteiger partial charge in [-0.1, -0.05) is 48.5 Å². The topological polar surface area (TPSA) is 116 Å². The van der Waals surface area contributed by atoms with Crippen LogP contribution in [0.4, 0.5) is 0 Å². The van der Waals surface area contributed by atoms with Crippen LogP contribution >= 0.6 is 11.3 Å². The van der Waals surface area contributed by atoms with Crippen molar-refractivity contribution in [1.29, 1.82) is 0 Å². The van der Waals surface area contributed by atoms with Gasteiger partial charge in [0, 0.05) is 36.0 Å². The molecule has 33 heavy (non-hydrogen) atoms. The summed E-state index contributed by atoms with van der Waals surface area (Å²) < 4.78 is 0. The summed E-state index contributed by atoms with van der Waals surface area (Å²) >= 11 is 1.25. The van der Waals surface area contributed by atoms with Gasteiger partial charge in [-0.15, -0.1) is 11.3 Å². The Morgan fingerprint density at radius 1 is 1.03 bits per heavy atom. The molecule has 1 atom stereocenters. The van der Waals surface area contributed by atoms with Crippen LogP contribution in [0, 0.1) is 6.92 Å². The number of hydrogen-bond donors (Lipinski definition) is 4. The van der Waals surface area contributed by atoms with Gasteiger partial charge < -0.3 is 10.3 Å². The van der Waals surface area contributed by atoms with Crippen LogP contribution in [0.3, 0.4) is 0 Å². The van der Waals surface area contributed by atoms with Crippen molar-refractivity contribution >= 4 is 40.0 Å². The van der Waals surface area contributed by atoms with Crippen LogP contribution in [0.15, 0.2) is 60.8 Å². The number of hydrazine groups is 1. The van der Waals surface area contributed by atoms with Crippen LogP contribution in [0.1, 0.15) is 27.9 Å². The minimum absolute atomic E-state index is 0.267. The van der Waals surface area contributed by atoms with E-state index in [1.165, 1.54) is 18.3 Å². The number of aromatic nitrogens is 2. The summed E-state index contributed by atoms with van der Waals surface area (Å²) in [5.41, 5.74) is 8.20. The van der Waals surface area contributed by atoms with E-state index in [9.17, 15) is 14.4 Å². The first-order chi connectivity index (χ1) is 15.9. The number of fused-ring (bicyclic) bond motifs is 1. The first-order valence-corrected chi connectivity index (χ1v) is 11.2. The molecule has 0 saturated heterocycles.